The van der Waals surface area contributed by atoms with Crippen LogP contribution >= 0.6 is 22.6 Å². The van der Waals surface area contributed by atoms with Gasteiger partial charge in [-0.1, -0.05) is 6.58 Å². The van der Waals surface area contributed by atoms with Gasteiger partial charge < -0.3 is 0 Å². The van der Waals surface area contributed by atoms with Crippen LogP contribution in [0.5, 0.6) is 0 Å². The quantitative estimate of drug-likeness (QED) is 0.693. The highest BCUT2D eigenvalue weighted by Gasteiger charge is 1.93. The van der Waals surface area contributed by atoms with Crippen LogP contribution < -0.4 is 0 Å². The zero-order valence-corrected chi connectivity index (χ0v) is 7.92. The van der Waals surface area contributed by atoms with E-state index in [-0.39, 0.29) is 0 Å². The molecule has 1 nitrogen and oxygen atoms in total. The number of nitrogens with zero attached hydrogens (tertiary/aromatic N) is 1. The van der Waals surface area contributed by atoms with E-state index in [1.807, 2.05) is 19.1 Å². The Labute approximate surface area is 74.3 Å². The Balaban J connectivity index is 3.07. The SMILES string of the molecule is C=C(C)c1cc(I)ccn1. The van der Waals surface area contributed by atoms with Crippen LogP contribution in [-0.4, -0.2) is 4.98 Å². The van der Waals surface area contributed by atoms with Gasteiger partial charge in [0.25, 0.3) is 0 Å². The van der Waals surface area contributed by atoms with E-state index < -0.39 is 0 Å². The smallest absolute Gasteiger partial charge is 0.0663 e. The molecule has 0 radical (unpaired) electrons. The maximum atomic E-state index is 4.13. The molecule has 0 amide bonds. The first-order valence-electron chi connectivity index (χ1n) is 2.97. The van der Waals surface area contributed by atoms with Crippen LogP contribution in [0.2, 0.25) is 0 Å². The van der Waals surface area contributed by atoms with E-state index in [9.17, 15) is 0 Å². The summed E-state index contributed by atoms with van der Waals surface area (Å²) in [5.41, 5.74) is 1.99. The van der Waals surface area contributed by atoms with Crippen LogP contribution in [0.3, 0.4) is 0 Å². The van der Waals surface area contributed by atoms with Crippen LogP contribution in [0.4, 0.5) is 0 Å². The van der Waals surface area contributed by atoms with Crippen molar-refractivity contribution in [3.8, 4) is 0 Å². The Hall–Kier alpha value is -0.380. The van der Waals surface area contributed by atoms with Crippen LogP contribution in [0.25, 0.3) is 5.57 Å². The lowest BCUT2D eigenvalue weighted by Crippen LogP contribution is -1.83. The highest BCUT2D eigenvalue weighted by atomic mass is 127. The summed E-state index contributed by atoms with van der Waals surface area (Å²) in [6.07, 6.45) is 1.80. The Bertz CT molecular complexity index is 255. The zero-order chi connectivity index (χ0) is 7.56. The Morgan fingerprint density at radius 2 is 2.40 bits per heavy atom. The Morgan fingerprint density at radius 1 is 1.70 bits per heavy atom. The molecule has 0 aliphatic heterocycles. The summed E-state index contributed by atoms with van der Waals surface area (Å²) >= 11 is 2.26. The minimum absolute atomic E-state index is 0.979. The third-order valence-corrected chi connectivity index (χ3v) is 1.83. The first kappa shape index (κ1) is 7.72. The maximum Gasteiger partial charge on any atom is 0.0663 e. The first-order chi connectivity index (χ1) is 4.70. The van der Waals surface area contributed by atoms with Crippen LogP contribution in [0.15, 0.2) is 24.9 Å². The molecule has 2 heteroatoms. The topological polar surface area (TPSA) is 12.9 Å². The molecule has 0 N–H and O–H groups in total. The first-order valence-corrected chi connectivity index (χ1v) is 4.05. The minimum atomic E-state index is 0.979. The molecule has 0 spiro atoms. The largest absolute Gasteiger partial charge is 0.257 e. The molecule has 1 heterocycles. The van der Waals surface area contributed by atoms with Gasteiger partial charge in [0, 0.05) is 9.77 Å². The second kappa shape index (κ2) is 3.14. The van der Waals surface area contributed by atoms with E-state index >= 15 is 0 Å². The van der Waals surface area contributed by atoms with Gasteiger partial charge in [-0.05, 0) is 47.2 Å². The molecule has 0 aliphatic rings. The van der Waals surface area contributed by atoms with Crippen LogP contribution in [0, 0.1) is 3.57 Å². The molecular weight excluding hydrogens is 237 g/mol. The highest BCUT2D eigenvalue weighted by Crippen LogP contribution is 2.10. The van der Waals surface area contributed by atoms with Gasteiger partial charge in [0.05, 0.1) is 5.69 Å². The summed E-state index contributed by atoms with van der Waals surface area (Å²) in [6, 6.07) is 3.98. The van der Waals surface area contributed by atoms with Crippen LogP contribution in [-0.2, 0) is 0 Å². The molecule has 0 unspecified atom stereocenters. The molecule has 0 atom stereocenters. The fourth-order valence-corrected chi connectivity index (χ4v) is 1.09. The normalized spacial score (nSPS) is 9.40. The van der Waals surface area contributed by atoms with Crippen molar-refractivity contribution >= 4 is 28.2 Å². The molecule has 1 aromatic heterocycles. The summed E-state index contributed by atoms with van der Waals surface area (Å²) in [4.78, 5) is 4.13. The van der Waals surface area contributed by atoms with Crippen molar-refractivity contribution in [2.24, 2.45) is 0 Å². The number of pyridine rings is 1. The van der Waals surface area contributed by atoms with Crippen molar-refractivity contribution in [2.45, 2.75) is 6.92 Å². The lowest BCUT2D eigenvalue weighted by Gasteiger charge is -1.96. The van der Waals surface area contributed by atoms with E-state index in [1.165, 1.54) is 3.57 Å². The van der Waals surface area contributed by atoms with E-state index in [0.717, 1.165) is 11.3 Å². The molecule has 1 rings (SSSR count). The number of allylic oxidation sites excluding steroid dienone is 1. The van der Waals surface area contributed by atoms with Gasteiger partial charge in [-0.3, -0.25) is 4.98 Å². The van der Waals surface area contributed by atoms with Gasteiger partial charge >= 0.3 is 0 Å². The molecular formula is C8H8IN. The van der Waals surface area contributed by atoms with Crippen molar-refractivity contribution in [3.05, 3.63) is 34.2 Å². The van der Waals surface area contributed by atoms with Crippen LogP contribution in [0.1, 0.15) is 12.6 Å². The average molecular weight is 245 g/mol. The lowest BCUT2D eigenvalue weighted by molar-refractivity contribution is 1.26. The second-order valence-corrected chi connectivity index (χ2v) is 3.39. The molecule has 52 valence electrons. The van der Waals surface area contributed by atoms with E-state index in [1.54, 1.807) is 6.20 Å². The number of rotatable bonds is 1. The Morgan fingerprint density at radius 3 is 2.80 bits per heavy atom. The van der Waals surface area contributed by atoms with Gasteiger partial charge in [-0.15, -0.1) is 0 Å². The molecule has 1 aromatic rings. The third-order valence-electron chi connectivity index (χ3n) is 1.16. The van der Waals surface area contributed by atoms with Gasteiger partial charge in [0.15, 0.2) is 0 Å². The van der Waals surface area contributed by atoms with Crippen molar-refractivity contribution in [2.75, 3.05) is 0 Å². The molecule has 0 aliphatic carbocycles. The monoisotopic (exact) mass is 245 g/mol. The number of aromatic nitrogens is 1. The summed E-state index contributed by atoms with van der Waals surface area (Å²) in [5, 5.41) is 0. The zero-order valence-electron chi connectivity index (χ0n) is 5.76. The number of hydrogen-bond donors (Lipinski definition) is 0. The van der Waals surface area contributed by atoms with Crippen molar-refractivity contribution < 1.29 is 0 Å². The molecule has 0 saturated carbocycles. The highest BCUT2D eigenvalue weighted by molar-refractivity contribution is 14.1. The number of halogens is 1. The van der Waals surface area contributed by atoms with Crippen molar-refractivity contribution in [3.63, 3.8) is 0 Å². The fraction of sp³-hybridized carbons (Fsp3) is 0.125. The van der Waals surface area contributed by atoms with E-state index in [4.69, 9.17) is 0 Å². The minimum Gasteiger partial charge on any atom is -0.257 e. The van der Waals surface area contributed by atoms with E-state index in [2.05, 4.69) is 34.2 Å². The summed E-state index contributed by atoms with van der Waals surface area (Å²) in [5.74, 6) is 0. The van der Waals surface area contributed by atoms with Gasteiger partial charge in [0.1, 0.15) is 0 Å². The molecule has 10 heavy (non-hydrogen) atoms. The van der Waals surface area contributed by atoms with Gasteiger partial charge in [0.2, 0.25) is 0 Å². The number of hydrogen-bond acceptors (Lipinski definition) is 1. The standard InChI is InChI=1S/C8H8IN/c1-6(2)8-5-7(9)3-4-10-8/h3-5H,1H2,2H3. The predicted octanol–water partition coefficient (Wildman–Crippen LogP) is 2.72. The van der Waals surface area contributed by atoms with Gasteiger partial charge in [-0.25, -0.2) is 0 Å². The van der Waals surface area contributed by atoms with Gasteiger partial charge in [-0.2, -0.15) is 0 Å². The molecule has 0 saturated heterocycles. The molecule has 0 bridgehead atoms. The molecule has 0 fully saturated rings. The van der Waals surface area contributed by atoms with Crippen molar-refractivity contribution in [1.82, 2.24) is 4.98 Å². The fourth-order valence-electron chi connectivity index (χ4n) is 0.638. The third kappa shape index (κ3) is 1.80. The summed E-state index contributed by atoms with van der Waals surface area (Å²) < 4.78 is 1.20. The maximum absolute atomic E-state index is 4.13. The summed E-state index contributed by atoms with van der Waals surface area (Å²) in [6.45, 7) is 5.76. The Kier molecular flexibility index (Phi) is 2.43. The van der Waals surface area contributed by atoms with E-state index in [0.29, 0.717) is 0 Å². The van der Waals surface area contributed by atoms with Crippen molar-refractivity contribution in [1.29, 1.82) is 0 Å². The average Bonchev–Trinajstić information content (AvgIpc) is 1.88. The second-order valence-electron chi connectivity index (χ2n) is 2.14. The molecule has 0 aromatic carbocycles. The predicted molar refractivity (Wildman–Crippen MR) is 51.7 cm³/mol. The lowest BCUT2D eigenvalue weighted by atomic mass is 10.2. The summed E-state index contributed by atoms with van der Waals surface area (Å²) in [7, 11) is 0.